The number of hydrogen-bond donors (Lipinski definition) is 3. The lowest BCUT2D eigenvalue weighted by Gasteiger charge is -2.34. The number of carbonyl (C=O) groups excluding carboxylic acids is 1. The van der Waals surface area contributed by atoms with Gasteiger partial charge in [0, 0.05) is 43.4 Å². The lowest BCUT2D eigenvalue weighted by atomic mass is 9.89. The van der Waals surface area contributed by atoms with E-state index in [2.05, 4.69) is 34.7 Å². The molecule has 0 aliphatic carbocycles. The SMILES string of the molecule is CCC(CC)C1CC(NC(=O)c2n[nH]c3c2CNCC3)CCO1.Cl. The van der Waals surface area contributed by atoms with Gasteiger partial charge in [0.05, 0.1) is 6.10 Å². The van der Waals surface area contributed by atoms with Gasteiger partial charge in [-0.25, -0.2) is 0 Å². The van der Waals surface area contributed by atoms with Crippen LogP contribution in [0.25, 0.3) is 0 Å². The Morgan fingerprint density at radius 2 is 2.21 bits per heavy atom. The van der Waals surface area contributed by atoms with Crippen molar-refractivity contribution in [1.82, 2.24) is 20.8 Å². The minimum Gasteiger partial charge on any atom is -0.378 e. The number of H-pyrrole nitrogens is 1. The largest absolute Gasteiger partial charge is 0.378 e. The van der Waals surface area contributed by atoms with Crippen LogP contribution in [0, 0.1) is 5.92 Å². The predicted octanol–water partition coefficient (Wildman–Crippen LogP) is 2.19. The van der Waals surface area contributed by atoms with Crippen LogP contribution in [0.2, 0.25) is 0 Å². The Kier molecular flexibility index (Phi) is 7.07. The van der Waals surface area contributed by atoms with Crippen molar-refractivity contribution in [3.05, 3.63) is 17.0 Å². The van der Waals surface area contributed by atoms with Crippen LogP contribution >= 0.6 is 12.4 Å². The molecule has 1 aromatic heterocycles. The van der Waals surface area contributed by atoms with E-state index >= 15 is 0 Å². The van der Waals surface area contributed by atoms with Crippen molar-refractivity contribution in [3.63, 3.8) is 0 Å². The molecule has 0 saturated carbocycles. The van der Waals surface area contributed by atoms with Crippen molar-refractivity contribution >= 4 is 18.3 Å². The molecule has 6 nitrogen and oxygen atoms in total. The van der Waals surface area contributed by atoms with Gasteiger partial charge in [0.2, 0.25) is 0 Å². The first kappa shape index (κ1) is 19.2. The molecule has 0 aromatic carbocycles. The topological polar surface area (TPSA) is 79.0 Å². The maximum atomic E-state index is 12.6. The molecule has 24 heavy (non-hydrogen) atoms. The second kappa shape index (κ2) is 8.83. The Morgan fingerprint density at radius 3 is 2.96 bits per heavy atom. The zero-order valence-corrected chi connectivity index (χ0v) is 15.4. The maximum absolute atomic E-state index is 12.6. The van der Waals surface area contributed by atoms with Crippen LogP contribution in [0.3, 0.4) is 0 Å². The number of amides is 1. The Morgan fingerprint density at radius 1 is 1.42 bits per heavy atom. The summed E-state index contributed by atoms with van der Waals surface area (Å²) in [5.74, 6) is 0.526. The zero-order chi connectivity index (χ0) is 16.2. The van der Waals surface area contributed by atoms with Crippen molar-refractivity contribution in [2.75, 3.05) is 13.2 Å². The van der Waals surface area contributed by atoms with Gasteiger partial charge in [0.25, 0.3) is 5.91 Å². The number of rotatable bonds is 5. The summed E-state index contributed by atoms with van der Waals surface area (Å²) >= 11 is 0. The van der Waals surface area contributed by atoms with Gasteiger partial charge in [-0.2, -0.15) is 5.10 Å². The highest BCUT2D eigenvalue weighted by molar-refractivity contribution is 5.94. The number of aromatic nitrogens is 2. The van der Waals surface area contributed by atoms with Crippen LogP contribution in [-0.4, -0.2) is 41.4 Å². The first-order valence-electron chi connectivity index (χ1n) is 8.92. The Bertz CT molecular complexity index is 545. The number of halogens is 1. The van der Waals surface area contributed by atoms with E-state index < -0.39 is 0 Å². The fourth-order valence-corrected chi connectivity index (χ4v) is 3.77. The van der Waals surface area contributed by atoms with E-state index in [-0.39, 0.29) is 30.5 Å². The van der Waals surface area contributed by atoms with Crippen molar-refractivity contribution in [1.29, 1.82) is 0 Å². The zero-order valence-electron chi connectivity index (χ0n) is 14.6. The smallest absolute Gasteiger partial charge is 0.272 e. The fraction of sp³-hybridized carbons (Fsp3) is 0.765. The predicted molar refractivity (Wildman–Crippen MR) is 95.5 cm³/mol. The van der Waals surface area contributed by atoms with Crippen LogP contribution in [0.15, 0.2) is 0 Å². The molecular weight excluding hydrogens is 328 g/mol. The number of fused-ring (bicyclic) bond motifs is 1. The lowest BCUT2D eigenvalue weighted by Crippen LogP contribution is -2.44. The van der Waals surface area contributed by atoms with Crippen LogP contribution in [0.4, 0.5) is 0 Å². The molecule has 0 radical (unpaired) electrons. The Labute approximate surface area is 149 Å². The molecule has 2 atom stereocenters. The fourth-order valence-electron chi connectivity index (χ4n) is 3.77. The molecule has 136 valence electrons. The van der Waals surface area contributed by atoms with E-state index in [9.17, 15) is 4.79 Å². The molecule has 3 N–H and O–H groups in total. The molecule has 0 bridgehead atoms. The van der Waals surface area contributed by atoms with Crippen LogP contribution < -0.4 is 10.6 Å². The summed E-state index contributed by atoms with van der Waals surface area (Å²) in [6.45, 7) is 6.81. The van der Waals surface area contributed by atoms with E-state index in [1.165, 1.54) is 0 Å². The van der Waals surface area contributed by atoms with E-state index in [1.807, 2.05) is 0 Å². The number of nitrogens with zero attached hydrogens (tertiary/aromatic N) is 1. The minimum atomic E-state index is -0.0543. The van der Waals surface area contributed by atoms with E-state index in [4.69, 9.17) is 4.74 Å². The molecule has 1 saturated heterocycles. The third-order valence-electron chi connectivity index (χ3n) is 5.25. The summed E-state index contributed by atoms with van der Waals surface area (Å²) in [6.07, 6.45) is 5.21. The van der Waals surface area contributed by atoms with Gasteiger partial charge in [-0.15, -0.1) is 12.4 Å². The Hall–Kier alpha value is -1.11. The highest BCUT2D eigenvalue weighted by Gasteiger charge is 2.30. The minimum absolute atomic E-state index is 0. The number of hydrogen-bond acceptors (Lipinski definition) is 4. The molecule has 3 rings (SSSR count). The van der Waals surface area contributed by atoms with Crippen molar-refractivity contribution in [2.45, 2.75) is 64.6 Å². The lowest BCUT2D eigenvalue weighted by molar-refractivity contribution is -0.0337. The second-order valence-electron chi connectivity index (χ2n) is 6.64. The Balaban J connectivity index is 0.00000208. The highest BCUT2D eigenvalue weighted by Crippen LogP contribution is 2.25. The number of aromatic amines is 1. The monoisotopic (exact) mass is 356 g/mol. The van der Waals surface area contributed by atoms with E-state index in [1.54, 1.807) is 0 Å². The molecule has 2 unspecified atom stereocenters. The maximum Gasteiger partial charge on any atom is 0.272 e. The van der Waals surface area contributed by atoms with Gasteiger partial charge >= 0.3 is 0 Å². The second-order valence-corrected chi connectivity index (χ2v) is 6.64. The third kappa shape index (κ3) is 4.10. The van der Waals surface area contributed by atoms with Gasteiger partial charge in [0.1, 0.15) is 0 Å². The highest BCUT2D eigenvalue weighted by atomic mass is 35.5. The normalized spacial score (nSPS) is 23.5. The summed E-state index contributed by atoms with van der Waals surface area (Å²) in [5.41, 5.74) is 2.67. The average Bonchev–Trinajstić information content (AvgIpc) is 3.00. The first-order chi connectivity index (χ1) is 11.2. The molecule has 7 heteroatoms. The van der Waals surface area contributed by atoms with Gasteiger partial charge in [-0.1, -0.05) is 26.7 Å². The van der Waals surface area contributed by atoms with Crippen molar-refractivity contribution in [3.8, 4) is 0 Å². The molecular formula is C17H29ClN4O2. The molecule has 2 aliphatic rings. The van der Waals surface area contributed by atoms with Crippen molar-refractivity contribution in [2.24, 2.45) is 5.92 Å². The number of nitrogens with one attached hydrogen (secondary N) is 3. The van der Waals surface area contributed by atoms with Crippen molar-refractivity contribution < 1.29 is 9.53 Å². The first-order valence-corrected chi connectivity index (χ1v) is 8.92. The van der Waals surface area contributed by atoms with Gasteiger partial charge < -0.3 is 15.4 Å². The molecule has 2 aliphatic heterocycles. The van der Waals surface area contributed by atoms with Gasteiger partial charge in [0.15, 0.2) is 5.69 Å². The van der Waals surface area contributed by atoms with Gasteiger partial charge in [-0.05, 0) is 18.8 Å². The van der Waals surface area contributed by atoms with Crippen LogP contribution in [0.5, 0.6) is 0 Å². The summed E-state index contributed by atoms with van der Waals surface area (Å²) < 4.78 is 5.93. The van der Waals surface area contributed by atoms with E-state index in [0.717, 1.165) is 63.1 Å². The summed E-state index contributed by atoms with van der Waals surface area (Å²) in [5, 5.41) is 13.7. The summed E-state index contributed by atoms with van der Waals surface area (Å²) in [7, 11) is 0. The standard InChI is InChI=1S/C17H28N4O2.ClH/c1-3-11(4-2)15-9-12(6-8-23-15)19-17(22)16-13-10-18-7-5-14(13)20-21-16;/h11-12,15,18H,3-10H2,1-2H3,(H,19,22)(H,20,21);1H. The summed E-state index contributed by atoms with van der Waals surface area (Å²) in [4.78, 5) is 12.6. The average molecular weight is 357 g/mol. The molecule has 3 heterocycles. The molecule has 0 spiro atoms. The molecule has 1 fully saturated rings. The quantitative estimate of drug-likeness (QED) is 0.755. The third-order valence-corrected chi connectivity index (χ3v) is 5.25. The van der Waals surface area contributed by atoms with Crippen LogP contribution in [-0.2, 0) is 17.7 Å². The molecule has 1 amide bonds. The van der Waals surface area contributed by atoms with E-state index in [0.29, 0.717) is 11.6 Å². The molecule has 1 aromatic rings. The number of ether oxygens (including phenoxy) is 1. The van der Waals surface area contributed by atoms with Crippen LogP contribution in [0.1, 0.15) is 61.3 Å². The number of carbonyl (C=O) groups is 1. The summed E-state index contributed by atoms with van der Waals surface area (Å²) in [6, 6.07) is 0.186. The van der Waals surface area contributed by atoms with Gasteiger partial charge in [-0.3, -0.25) is 9.89 Å².